The lowest BCUT2D eigenvalue weighted by atomic mass is 10.1. The molecule has 1 unspecified atom stereocenters. The summed E-state index contributed by atoms with van der Waals surface area (Å²) >= 11 is 0. The summed E-state index contributed by atoms with van der Waals surface area (Å²) in [6.07, 6.45) is 3.12. The summed E-state index contributed by atoms with van der Waals surface area (Å²) in [5.74, 6) is -0.233. The molecule has 11 heteroatoms. The number of carbonyl (C=O) groups excluding carboxylic acids is 1. The lowest BCUT2D eigenvalue weighted by Crippen LogP contribution is -2.30. The number of halogens is 3. The lowest BCUT2D eigenvalue weighted by molar-refractivity contribution is -0.0436. The largest absolute Gasteiger partial charge is 0.501 e. The number of pyridine rings is 1. The number of hydrogen-bond acceptors (Lipinski definition) is 6. The molecule has 1 saturated heterocycles. The second kappa shape index (κ2) is 8.23. The van der Waals surface area contributed by atoms with Gasteiger partial charge in [0.2, 0.25) is 0 Å². The Kier molecular flexibility index (Phi) is 6.04. The van der Waals surface area contributed by atoms with Gasteiger partial charge in [0.15, 0.2) is 0 Å². The average molecular weight is 442 g/mol. The fraction of sp³-hybridized carbons (Fsp3) is 0.368. The van der Waals surface area contributed by atoms with Crippen LogP contribution in [0.1, 0.15) is 22.8 Å². The first-order valence-electron chi connectivity index (χ1n) is 9.10. The molecule has 162 valence electrons. The Morgan fingerprint density at radius 2 is 1.90 bits per heavy atom. The van der Waals surface area contributed by atoms with Crippen LogP contribution in [-0.4, -0.2) is 56.0 Å². The summed E-state index contributed by atoms with van der Waals surface area (Å²) in [6, 6.07) is 6.57. The van der Waals surface area contributed by atoms with E-state index in [4.69, 9.17) is 0 Å². The van der Waals surface area contributed by atoms with E-state index in [2.05, 4.69) is 15.2 Å². The van der Waals surface area contributed by atoms with Crippen LogP contribution in [0.3, 0.4) is 0 Å². The Balaban J connectivity index is 1.76. The molecule has 0 radical (unpaired) electrons. The fourth-order valence-corrected chi connectivity index (χ4v) is 4.09. The van der Waals surface area contributed by atoms with Gasteiger partial charge in [-0.2, -0.15) is 13.2 Å². The first-order valence-corrected chi connectivity index (χ1v) is 10.6. The van der Waals surface area contributed by atoms with Gasteiger partial charge in [-0.25, -0.2) is 8.42 Å². The maximum absolute atomic E-state index is 12.7. The van der Waals surface area contributed by atoms with Crippen molar-refractivity contribution in [1.29, 1.82) is 0 Å². The van der Waals surface area contributed by atoms with Gasteiger partial charge in [0.1, 0.15) is 0 Å². The van der Waals surface area contributed by atoms with Crippen molar-refractivity contribution in [2.75, 3.05) is 25.2 Å². The first-order chi connectivity index (χ1) is 14.0. The van der Waals surface area contributed by atoms with Gasteiger partial charge in [-0.15, -0.1) is 0 Å². The molecule has 0 spiro atoms. The van der Waals surface area contributed by atoms with Gasteiger partial charge in [0, 0.05) is 44.3 Å². The molecule has 0 aliphatic carbocycles. The number of carbonyl (C=O) groups is 1. The topological polar surface area (TPSA) is 82.6 Å². The maximum atomic E-state index is 12.7. The van der Waals surface area contributed by atoms with Crippen molar-refractivity contribution in [2.45, 2.75) is 29.9 Å². The molecule has 2 heterocycles. The van der Waals surface area contributed by atoms with Gasteiger partial charge in [0.05, 0.1) is 17.1 Å². The van der Waals surface area contributed by atoms with Crippen LogP contribution in [0.15, 0.2) is 47.6 Å². The van der Waals surface area contributed by atoms with E-state index in [1.54, 1.807) is 19.3 Å². The van der Waals surface area contributed by atoms with Gasteiger partial charge in [-0.1, -0.05) is 0 Å². The minimum absolute atomic E-state index is 0.106. The van der Waals surface area contributed by atoms with Crippen molar-refractivity contribution in [1.82, 2.24) is 15.2 Å². The third-order valence-electron chi connectivity index (χ3n) is 5.03. The Morgan fingerprint density at radius 1 is 1.23 bits per heavy atom. The Morgan fingerprint density at radius 3 is 2.50 bits per heavy atom. The number of hydrogen-bond donors (Lipinski definition) is 1. The van der Waals surface area contributed by atoms with Gasteiger partial charge in [-0.05, 0) is 42.8 Å². The molecule has 1 amide bonds. The quantitative estimate of drug-likeness (QED) is 0.766. The normalized spacial score (nSPS) is 17.9. The van der Waals surface area contributed by atoms with E-state index in [9.17, 15) is 26.4 Å². The molecule has 1 aromatic heterocycles. The second-order valence-electron chi connectivity index (χ2n) is 7.01. The van der Waals surface area contributed by atoms with E-state index in [-0.39, 0.29) is 11.9 Å². The predicted octanol–water partition coefficient (Wildman–Crippen LogP) is 2.40. The highest BCUT2D eigenvalue weighted by molar-refractivity contribution is 7.92. The lowest BCUT2D eigenvalue weighted by Gasteiger charge is -2.22. The van der Waals surface area contributed by atoms with Gasteiger partial charge < -0.3 is 10.2 Å². The molecular weight excluding hydrogens is 421 g/mol. The van der Waals surface area contributed by atoms with Crippen LogP contribution in [0.4, 0.5) is 18.9 Å². The van der Waals surface area contributed by atoms with Crippen molar-refractivity contribution in [3.05, 3.63) is 53.9 Å². The van der Waals surface area contributed by atoms with Crippen molar-refractivity contribution in [2.24, 2.45) is 0 Å². The zero-order chi connectivity index (χ0) is 22.1. The highest BCUT2D eigenvalue weighted by Gasteiger charge is 2.46. The molecule has 1 aliphatic heterocycles. The number of aromatic nitrogens is 1. The number of amides is 1. The summed E-state index contributed by atoms with van der Waals surface area (Å²) < 4.78 is 61.2. The summed E-state index contributed by atoms with van der Waals surface area (Å²) in [5.41, 5.74) is -3.43. The Bertz CT molecular complexity index is 1030. The number of sulfone groups is 1. The predicted molar refractivity (Wildman–Crippen MR) is 105 cm³/mol. The maximum Gasteiger partial charge on any atom is 0.501 e. The first kappa shape index (κ1) is 22.0. The monoisotopic (exact) mass is 442 g/mol. The van der Waals surface area contributed by atoms with Crippen LogP contribution >= 0.6 is 0 Å². The summed E-state index contributed by atoms with van der Waals surface area (Å²) in [4.78, 5) is 19.3. The number of benzene rings is 1. The highest BCUT2D eigenvalue weighted by Crippen LogP contribution is 2.32. The van der Waals surface area contributed by atoms with Crippen LogP contribution in [0.5, 0.6) is 0 Å². The zero-order valence-electron chi connectivity index (χ0n) is 16.3. The third-order valence-corrected chi connectivity index (χ3v) is 6.54. The van der Waals surface area contributed by atoms with Crippen molar-refractivity contribution >= 4 is 21.4 Å². The third kappa shape index (κ3) is 4.26. The summed E-state index contributed by atoms with van der Waals surface area (Å²) in [6.45, 7) is 3.57. The van der Waals surface area contributed by atoms with Crippen LogP contribution in [-0.2, 0) is 16.4 Å². The minimum Gasteiger partial charge on any atom is -0.357 e. The zero-order valence-corrected chi connectivity index (χ0v) is 17.2. The molecule has 0 bridgehead atoms. The number of anilines is 1. The molecule has 1 N–H and O–H groups in total. The van der Waals surface area contributed by atoms with Crippen molar-refractivity contribution in [3.8, 4) is 0 Å². The number of rotatable bonds is 5. The minimum atomic E-state index is -5.37. The van der Waals surface area contributed by atoms with Gasteiger partial charge >= 0.3 is 5.51 Å². The second-order valence-corrected chi connectivity index (χ2v) is 8.96. The van der Waals surface area contributed by atoms with Gasteiger partial charge in [0.25, 0.3) is 15.7 Å². The average Bonchev–Trinajstić information content (AvgIpc) is 3.07. The van der Waals surface area contributed by atoms with Crippen LogP contribution < -0.4 is 10.2 Å². The standard InChI is InChI=1S/C19H21F3N4O3S/c1-13-10-26(15-3-5-16(6-4-15)30(28,29)19(20,21)22)12-25(13)11-14-7-8-24-9-17(14)18(27)23-2/h3-9,13H,10-12H2,1-2H3,(H,23,27). The van der Waals surface area contributed by atoms with Crippen LogP contribution in [0, 0.1) is 0 Å². The molecular formula is C19H21F3N4O3S. The SMILES string of the molecule is CNC(=O)c1cnccc1CN1CN(c2ccc(S(=O)(=O)C(F)(F)F)cc2)CC1C. The van der Waals surface area contributed by atoms with E-state index >= 15 is 0 Å². The Labute approximate surface area is 172 Å². The smallest absolute Gasteiger partial charge is 0.357 e. The van der Waals surface area contributed by atoms with Crippen LogP contribution in [0.25, 0.3) is 0 Å². The van der Waals surface area contributed by atoms with E-state index in [1.807, 2.05) is 11.8 Å². The number of alkyl halides is 3. The molecule has 2 aromatic rings. The fourth-order valence-electron chi connectivity index (χ4n) is 3.33. The summed E-state index contributed by atoms with van der Waals surface area (Å²) in [7, 11) is -3.82. The van der Waals surface area contributed by atoms with E-state index in [0.29, 0.717) is 31.0 Å². The van der Waals surface area contributed by atoms with Crippen molar-refractivity contribution < 1.29 is 26.4 Å². The molecule has 3 rings (SSSR count). The van der Waals surface area contributed by atoms with Crippen LogP contribution in [0.2, 0.25) is 0 Å². The van der Waals surface area contributed by atoms with E-state index < -0.39 is 20.2 Å². The molecule has 1 aliphatic rings. The van der Waals surface area contributed by atoms with E-state index in [1.165, 1.54) is 18.3 Å². The number of nitrogens with one attached hydrogen (secondary N) is 1. The molecule has 30 heavy (non-hydrogen) atoms. The highest BCUT2D eigenvalue weighted by atomic mass is 32.2. The molecule has 7 nitrogen and oxygen atoms in total. The molecule has 0 saturated carbocycles. The van der Waals surface area contributed by atoms with Gasteiger partial charge in [-0.3, -0.25) is 14.7 Å². The summed E-state index contributed by atoms with van der Waals surface area (Å²) in [5, 5.41) is 2.58. The van der Waals surface area contributed by atoms with Crippen molar-refractivity contribution in [3.63, 3.8) is 0 Å². The Hall–Kier alpha value is -2.66. The molecule has 1 aromatic carbocycles. The number of nitrogens with zero attached hydrogens (tertiary/aromatic N) is 3. The molecule has 1 atom stereocenters. The van der Waals surface area contributed by atoms with E-state index in [0.717, 1.165) is 17.7 Å². The molecule has 1 fully saturated rings.